The van der Waals surface area contributed by atoms with Crippen LogP contribution in [0.1, 0.15) is 11.3 Å². The van der Waals surface area contributed by atoms with E-state index < -0.39 is 11.7 Å². The molecule has 0 amide bonds. The van der Waals surface area contributed by atoms with Crippen LogP contribution in [0, 0.1) is 0 Å². The number of nitrogens with zero attached hydrogens (tertiary/aromatic N) is 2. The normalized spacial score (nSPS) is 14.8. The van der Waals surface area contributed by atoms with E-state index in [4.69, 9.17) is 4.42 Å². The van der Waals surface area contributed by atoms with Crippen LogP contribution in [0.15, 0.2) is 53.2 Å². The number of allylic oxidation sites excluding steroid dienone is 2. The number of oxazole rings is 1. The third kappa shape index (κ3) is 3.54. The zero-order chi connectivity index (χ0) is 16.4. The van der Waals surface area contributed by atoms with Gasteiger partial charge in [0.1, 0.15) is 0 Å². The van der Waals surface area contributed by atoms with Crippen LogP contribution in [0.4, 0.5) is 24.9 Å². The molecule has 0 atom stereocenters. The third-order valence-electron chi connectivity index (χ3n) is 3.15. The van der Waals surface area contributed by atoms with Crippen molar-refractivity contribution in [3.05, 3.63) is 60.1 Å². The quantitative estimate of drug-likeness (QED) is 0.893. The van der Waals surface area contributed by atoms with Gasteiger partial charge < -0.3 is 9.73 Å². The van der Waals surface area contributed by atoms with Crippen molar-refractivity contribution in [3.63, 3.8) is 0 Å². The number of nitrogens with one attached hydrogen (secondary N) is 1. The van der Waals surface area contributed by atoms with Crippen LogP contribution >= 0.6 is 0 Å². The van der Waals surface area contributed by atoms with E-state index >= 15 is 0 Å². The fourth-order valence-corrected chi connectivity index (χ4v) is 2.08. The Labute approximate surface area is 129 Å². The first-order chi connectivity index (χ1) is 10.9. The Balaban J connectivity index is 1.77. The first kappa shape index (κ1) is 15.2. The van der Waals surface area contributed by atoms with Crippen molar-refractivity contribution in [1.82, 2.24) is 10.0 Å². The molecule has 3 rings (SSSR count). The lowest BCUT2D eigenvalue weighted by atomic mass is 10.1. The SMILES string of the molecule is ON1C=CC=C(c2cnc(Nc3cccc(C(F)(F)F)c3)o2)C1. The van der Waals surface area contributed by atoms with Gasteiger partial charge in [0.25, 0.3) is 6.01 Å². The molecule has 0 aliphatic carbocycles. The molecular weight excluding hydrogens is 311 g/mol. The summed E-state index contributed by atoms with van der Waals surface area (Å²) in [6, 6.07) is 4.81. The molecule has 2 N–H and O–H groups in total. The van der Waals surface area contributed by atoms with Crippen molar-refractivity contribution >= 4 is 17.3 Å². The molecule has 1 aromatic heterocycles. The summed E-state index contributed by atoms with van der Waals surface area (Å²) in [5, 5.41) is 13.1. The lowest BCUT2D eigenvalue weighted by molar-refractivity contribution is -0.137. The molecule has 0 saturated carbocycles. The Morgan fingerprint density at radius 2 is 2.13 bits per heavy atom. The van der Waals surface area contributed by atoms with Gasteiger partial charge in [-0.05, 0) is 24.3 Å². The number of hydrogen-bond acceptors (Lipinski definition) is 5. The van der Waals surface area contributed by atoms with Crippen molar-refractivity contribution in [1.29, 1.82) is 0 Å². The summed E-state index contributed by atoms with van der Waals surface area (Å²) in [5.74, 6) is 0.419. The molecule has 0 radical (unpaired) electrons. The first-order valence-corrected chi connectivity index (χ1v) is 6.65. The van der Waals surface area contributed by atoms with Crippen molar-refractivity contribution in [3.8, 4) is 0 Å². The topological polar surface area (TPSA) is 61.5 Å². The van der Waals surface area contributed by atoms with E-state index in [9.17, 15) is 18.4 Å². The highest BCUT2D eigenvalue weighted by Gasteiger charge is 2.30. The molecule has 5 nitrogen and oxygen atoms in total. The monoisotopic (exact) mass is 323 g/mol. The Morgan fingerprint density at radius 1 is 1.30 bits per heavy atom. The molecule has 1 aliphatic rings. The minimum absolute atomic E-state index is 0.0688. The number of anilines is 2. The molecule has 23 heavy (non-hydrogen) atoms. The van der Waals surface area contributed by atoms with Crippen LogP contribution in [0.2, 0.25) is 0 Å². The van der Waals surface area contributed by atoms with Gasteiger partial charge in [0.15, 0.2) is 5.76 Å². The molecule has 1 aromatic carbocycles. The van der Waals surface area contributed by atoms with E-state index in [1.54, 1.807) is 12.2 Å². The summed E-state index contributed by atoms with van der Waals surface area (Å²) in [7, 11) is 0. The average Bonchev–Trinajstić information content (AvgIpc) is 2.95. The van der Waals surface area contributed by atoms with Gasteiger partial charge in [0, 0.05) is 17.5 Å². The van der Waals surface area contributed by atoms with Crippen LogP contribution in [0.25, 0.3) is 5.57 Å². The Hall–Kier alpha value is -2.74. The maximum Gasteiger partial charge on any atom is 0.416 e. The van der Waals surface area contributed by atoms with E-state index in [2.05, 4.69) is 10.3 Å². The molecule has 0 saturated heterocycles. The largest absolute Gasteiger partial charge is 0.424 e. The predicted molar refractivity (Wildman–Crippen MR) is 76.8 cm³/mol. The second-order valence-electron chi connectivity index (χ2n) is 4.86. The second-order valence-corrected chi connectivity index (χ2v) is 4.86. The lowest BCUT2D eigenvalue weighted by Crippen LogP contribution is -2.16. The molecule has 0 spiro atoms. The molecule has 2 aromatic rings. The van der Waals surface area contributed by atoms with Gasteiger partial charge >= 0.3 is 6.18 Å². The van der Waals surface area contributed by atoms with E-state index in [0.717, 1.165) is 17.2 Å². The number of rotatable bonds is 3. The second kappa shape index (κ2) is 5.81. The Bertz CT molecular complexity index is 765. The summed E-state index contributed by atoms with van der Waals surface area (Å²) < 4.78 is 43.5. The van der Waals surface area contributed by atoms with Gasteiger partial charge in [-0.2, -0.15) is 13.2 Å². The lowest BCUT2D eigenvalue weighted by Gasteiger charge is -2.15. The van der Waals surface area contributed by atoms with E-state index in [1.165, 1.54) is 24.5 Å². The van der Waals surface area contributed by atoms with Crippen LogP contribution < -0.4 is 5.32 Å². The smallest absolute Gasteiger partial charge is 0.416 e. The van der Waals surface area contributed by atoms with Gasteiger partial charge in [-0.25, -0.2) is 4.98 Å². The van der Waals surface area contributed by atoms with E-state index in [0.29, 0.717) is 11.3 Å². The molecule has 0 unspecified atom stereocenters. The standard InChI is InChI=1S/C15H12F3N3O2/c16-15(17,18)11-4-1-5-12(7-11)20-14-19-8-13(23-14)10-3-2-6-21(22)9-10/h1-8,22H,9H2,(H,19,20). The molecule has 2 heterocycles. The zero-order valence-electron chi connectivity index (χ0n) is 11.7. The molecule has 120 valence electrons. The van der Waals surface area contributed by atoms with Crippen molar-refractivity contribution in [2.24, 2.45) is 0 Å². The van der Waals surface area contributed by atoms with Gasteiger partial charge in [-0.3, -0.25) is 10.3 Å². The Kier molecular flexibility index (Phi) is 3.83. The molecule has 0 fully saturated rings. The van der Waals surface area contributed by atoms with Gasteiger partial charge in [-0.1, -0.05) is 12.1 Å². The predicted octanol–water partition coefficient (Wildman–Crippen LogP) is 4.04. The number of hydroxylamine groups is 2. The highest BCUT2D eigenvalue weighted by Crippen LogP contribution is 2.31. The maximum atomic E-state index is 12.7. The summed E-state index contributed by atoms with van der Waals surface area (Å²) in [6.45, 7) is 0.231. The summed E-state index contributed by atoms with van der Waals surface area (Å²) >= 11 is 0. The van der Waals surface area contributed by atoms with Crippen LogP contribution in [-0.2, 0) is 6.18 Å². The van der Waals surface area contributed by atoms with E-state index in [1.807, 2.05) is 0 Å². The fourth-order valence-electron chi connectivity index (χ4n) is 2.08. The summed E-state index contributed by atoms with van der Waals surface area (Å²) in [4.78, 5) is 3.98. The highest BCUT2D eigenvalue weighted by molar-refractivity contribution is 5.66. The number of halogens is 3. The van der Waals surface area contributed by atoms with Crippen molar-refractivity contribution in [2.45, 2.75) is 6.18 Å². The fraction of sp³-hybridized carbons (Fsp3) is 0.133. The molecular formula is C15H12F3N3O2. The number of benzene rings is 1. The van der Waals surface area contributed by atoms with Gasteiger partial charge in [0.2, 0.25) is 0 Å². The minimum atomic E-state index is -4.41. The van der Waals surface area contributed by atoms with E-state index in [-0.39, 0.29) is 18.2 Å². The van der Waals surface area contributed by atoms with Crippen LogP contribution in [0.5, 0.6) is 0 Å². The van der Waals surface area contributed by atoms with Crippen LogP contribution in [0.3, 0.4) is 0 Å². The number of alkyl halides is 3. The third-order valence-corrected chi connectivity index (χ3v) is 3.15. The first-order valence-electron chi connectivity index (χ1n) is 6.65. The number of aromatic nitrogens is 1. The molecule has 1 aliphatic heterocycles. The van der Waals surface area contributed by atoms with Crippen molar-refractivity contribution in [2.75, 3.05) is 11.9 Å². The average molecular weight is 323 g/mol. The minimum Gasteiger partial charge on any atom is -0.424 e. The molecule has 0 bridgehead atoms. The van der Waals surface area contributed by atoms with Crippen molar-refractivity contribution < 1.29 is 22.8 Å². The summed E-state index contributed by atoms with van der Waals surface area (Å²) in [6.07, 6.45) is 1.91. The summed E-state index contributed by atoms with van der Waals surface area (Å²) in [5.41, 5.74) is 0.152. The van der Waals surface area contributed by atoms with Crippen LogP contribution in [-0.4, -0.2) is 21.8 Å². The Morgan fingerprint density at radius 3 is 2.87 bits per heavy atom. The highest BCUT2D eigenvalue weighted by atomic mass is 19.4. The van der Waals surface area contributed by atoms with Gasteiger partial charge in [-0.15, -0.1) is 0 Å². The maximum absolute atomic E-state index is 12.7. The zero-order valence-corrected chi connectivity index (χ0v) is 11.7. The van der Waals surface area contributed by atoms with Gasteiger partial charge in [0.05, 0.1) is 18.3 Å². The number of hydrogen-bond donors (Lipinski definition) is 2. The molecule has 8 heteroatoms.